The van der Waals surface area contributed by atoms with Crippen molar-refractivity contribution in [3.63, 3.8) is 0 Å². The summed E-state index contributed by atoms with van der Waals surface area (Å²) in [5.41, 5.74) is 4.12. The Labute approximate surface area is 185 Å². The second-order valence-electron chi connectivity index (χ2n) is 6.60. The Bertz CT molecular complexity index is 1240. The molecular weight excluding hydrogens is 437 g/mol. The number of nitrogens with one attached hydrogen (secondary N) is 2. The van der Waals surface area contributed by atoms with E-state index in [1.165, 1.54) is 30.6 Å². The van der Waals surface area contributed by atoms with Crippen LogP contribution in [0.2, 0.25) is 0 Å². The molecule has 11 heteroatoms. The van der Waals surface area contributed by atoms with Gasteiger partial charge in [-0.05, 0) is 48.5 Å². The van der Waals surface area contributed by atoms with E-state index in [0.717, 1.165) is 0 Å². The number of ether oxygens (including phenoxy) is 1. The van der Waals surface area contributed by atoms with Crippen LogP contribution in [0.15, 0.2) is 79.4 Å². The molecule has 166 valence electrons. The summed E-state index contributed by atoms with van der Waals surface area (Å²) in [6, 6.07) is 13.4. The number of hydrogen-bond acceptors (Lipinski definition) is 7. The number of benzene rings is 1. The van der Waals surface area contributed by atoms with Gasteiger partial charge in [0.05, 0.1) is 6.20 Å². The van der Waals surface area contributed by atoms with Crippen molar-refractivity contribution in [2.75, 3.05) is 5.43 Å². The van der Waals surface area contributed by atoms with Crippen LogP contribution in [0.5, 0.6) is 11.5 Å². The first-order valence-electron chi connectivity index (χ1n) is 9.49. The molecule has 0 aliphatic carbocycles. The summed E-state index contributed by atoms with van der Waals surface area (Å²) >= 11 is 0. The summed E-state index contributed by atoms with van der Waals surface area (Å²) < 4.78 is 45.5. The highest BCUT2D eigenvalue weighted by Gasteiger charge is 2.34. The molecule has 0 unspecified atom stereocenters. The van der Waals surface area contributed by atoms with Crippen LogP contribution < -0.4 is 15.6 Å². The minimum absolute atomic E-state index is 0.188. The molecule has 4 aromatic rings. The lowest BCUT2D eigenvalue weighted by Gasteiger charge is -2.13. The zero-order valence-corrected chi connectivity index (χ0v) is 16.7. The number of alkyl halides is 3. The summed E-state index contributed by atoms with van der Waals surface area (Å²) in [5.74, 6) is 0.00919. The molecule has 8 nitrogen and oxygen atoms in total. The highest BCUT2D eigenvalue weighted by Crippen LogP contribution is 2.30. The average Bonchev–Trinajstić information content (AvgIpc) is 2.83. The summed E-state index contributed by atoms with van der Waals surface area (Å²) in [7, 11) is 0. The zero-order valence-electron chi connectivity index (χ0n) is 16.7. The topological polar surface area (TPSA) is 102 Å². The van der Waals surface area contributed by atoms with Crippen molar-refractivity contribution in [3.05, 3.63) is 90.6 Å². The molecule has 0 spiro atoms. The molecule has 0 bridgehead atoms. The van der Waals surface area contributed by atoms with E-state index in [0.29, 0.717) is 23.1 Å². The van der Waals surface area contributed by atoms with E-state index in [2.05, 4.69) is 30.8 Å². The third-order valence-corrected chi connectivity index (χ3v) is 4.23. The second kappa shape index (κ2) is 9.30. The van der Waals surface area contributed by atoms with Crippen molar-refractivity contribution in [1.29, 1.82) is 0 Å². The molecule has 3 heterocycles. The molecule has 3 aromatic heterocycles. The number of amides is 1. The number of carbonyl (C=O) groups is 1. The van der Waals surface area contributed by atoms with E-state index < -0.39 is 17.8 Å². The Morgan fingerprint density at radius 2 is 1.61 bits per heavy atom. The number of halogens is 3. The van der Waals surface area contributed by atoms with E-state index in [1.54, 1.807) is 42.7 Å². The zero-order chi connectivity index (χ0) is 23.3. The smallest absolute Gasteiger partial charge is 0.433 e. The number of pyridine rings is 2. The van der Waals surface area contributed by atoms with Crippen LogP contribution in [-0.2, 0) is 6.18 Å². The minimum atomic E-state index is -4.70. The second-order valence-corrected chi connectivity index (χ2v) is 6.60. The largest absolute Gasteiger partial charge is 0.456 e. The summed E-state index contributed by atoms with van der Waals surface area (Å²) in [4.78, 5) is 27.8. The quantitative estimate of drug-likeness (QED) is 0.415. The van der Waals surface area contributed by atoms with Crippen molar-refractivity contribution in [2.24, 2.45) is 0 Å². The van der Waals surface area contributed by atoms with Gasteiger partial charge in [-0.25, -0.2) is 9.97 Å². The summed E-state index contributed by atoms with van der Waals surface area (Å²) in [6.45, 7) is 0. The van der Waals surface area contributed by atoms with Gasteiger partial charge in [-0.2, -0.15) is 13.2 Å². The Kier molecular flexibility index (Phi) is 6.11. The van der Waals surface area contributed by atoms with Crippen LogP contribution in [-0.4, -0.2) is 25.8 Å². The van der Waals surface area contributed by atoms with Gasteiger partial charge in [0.1, 0.15) is 17.3 Å². The van der Waals surface area contributed by atoms with Crippen LogP contribution in [0, 0.1) is 0 Å². The van der Waals surface area contributed by atoms with Crippen LogP contribution in [0.4, 0.5) is 19.0 Å². The van der Waals surface area contributed by atoms with Crippen molar-refractivity contribution in [1.82, 2.24) is 25.4 Å². The predicted molar refractivity (Wildman–Crippen MR) is 112 cm³/mol. The number of nitrogens with zero attached hydrogens (tertiary/aromatic N) is 4. The maximum absolute atomic E-state index is 13.3. The molecule has 33 heavy (non-hydrogen) atoms. The molecule has 1 aromatic carbocycles. The fraction of sp³-hybridized carbons (Fsp3) is 0.0455. The Hall–Kier alpha value is -4.54. The molecule has 1 amide bonds. The Morgan fingerprint density at radius 1 is 0.879 bits per heavy atom. The Morgan fingerprint density at radius 3 is 2.24 bits per heavy atom. The first kappa shape index (κ1) is 21.7. The van der Waals surface area contributed by atoms with Gasteiger partial charge in [-0.15, -0.1) is 0 Å². The van der Waals surface area contributed by atoms with Gasteiger partial charge in [0.2, 0.25) is 0 Å². The van der Waals surface area contributed by atoms with E-state index >= 15 is 0 Å². The molecule has 0 saturated carbocycles. The lowest BCUT2D eigenvalue weighted by molar-refractivity contribution is -0.141. The fourth-order valence-corrected chi connectivity index (χ4v) is 2.69. The maximum Gasteiger partial charge on any atom is 0.433 e. The van der Waals surface area contributed by atoms with E-state index in [-0.39, 0.29) is 17.2 Å². The normalized spacial score (nSPS) is 11.0. The highest BCUT2D eigenvalue weighted by molar-refractivity contribution is 5.94. The average molecular weight is 452 g/mol. The number of hydrogen-bond donors (Lipinski definition) is 2. The lowest BCUT2D eigenvalue weighted by atomic mass is 10.2. The maximum atomic E-state index is 13.3. The monoisotopic (exact) mass is 452 g/mol. The molecule has 4 rings (SSSR count). The molecule has 0 aliphatic rings. The molecule has 0 saturated heterocycles. The van der Waals surface area contributed by atoms with Crippen LogP contribution >= 0.6 is 0 Å². The van der Waals surface area contributed by atoms with Crippen molar-refractivity contribution < 1.29 is 22.7 Å². The Balaban J connectivity index is 1.47. The lowest BCUT2D eigenvalue weighted by Crippen LogP contribution is -2.30. The van der Waals surface area contributed by atoms with Gasteiger partial charge in [0, 0.05) is 35.8 Å². The number of rotatable bonds is 6. The van der Waals surface area contributed by atoms with Crippen LogP contribution in [0.25, 0.3) is 11.4 Å². The molecule has 2 N–H and O–H groups in total. The van der Waals surface area contributed by atoms with E-state index in [4.69, 9.17) is 4.74 Å². The highest BCUT2D eigenvalue weighted by atomic mass is 19.4. The standard InChI is InChI=1S/C22H15F3N6O2/c23-22(24,25)18-11-19(29-20(28-18)15-3-1-9-26-12-15)30-31-21(32)14-5-7-16(8-6-14)33-17-4-2-10-27-13-17/h1-13H,(H,31,32)(H,28,29,30). The van der Waals surface area contributed by atoms with Gasteiger partial charge in [0.15, 0.2) is 11.5 Å². The molecule has 0 radical (unpaired) electrons. The molecule has 0 aliphatic heterocycles. The van der Waals surface area contributed by atoms with E-state index in [9.17, 15) is 18.0 Å². The summed E-state index contributed by atoms with van der Waals surface area (Å²) in [6.07, 6.45) is 1.27. The molecule has 0 atom stereocenters. The summed E-state index contributed by atoms with van der Waals surface area (Å²) in [5, 5.41) is 0. The number of carbonyl (C=O) groups excluding carboxylic acids is 1. The van der Waals surface area contributed by atoms with Gasteiger partial charge in [-0.1, -0.05) is 0 Å². The predicted octanol–water partition coefficient (Wildman–Crippen LogP) is 4.50. The van der Waals surface area contributed by atoms with Gasteiger partial charge >= 0.3 is 6.18 Å². The number of anilines is 1. The number of aromatic nitrogens is 4. The third kappa shape index (κ3) is 5.58. The molecule has 0 fully saturated rings. The number of hydrazine groups is 1. The van der Waals surface area contributed by atoms with Crippen LogP contribution in [0.3, 0.4) is 0 Å². The van der Waals surface area contributed by atoms with Crippen molar-refractivity contribution in [2.45, 2.75) is 6.18 Å². The first-order valence-corrected chi connectivity index (χ1v) is 9.49. The van der Waals surface area contributed by atoms with Gasteiger partial charge < -0.3 is 4.74 Å². The third-order valence-electron chi connectivity index (χ3n) is 4.23. The van der Waals surface area contributed by atoms with Crippen molar-refractivity contribution >= 4 is 11.7 Å². The SMILES string of the molecule is O=C(NNc1cc(C(F)(F)F)nc(-c2cccnc2)n1)c1ccc(Oc2cccnc2)cc1. The van der Waals surface area contributed by atoms with E-state index in [1.807, 2.05) is 0 Å². The van der Waals surface area contributed by atoms with Crippen molar-refractivity contribution in [3.8, 4) is 22.9 Å². The fourth-order valence-electron chi connectivity index (χ4n) is 2.69. The van der Waals surface area contributed by atoms with Gasteiger partial charge in [-0.3, -0.25) is 25.6 Å². The molecular formula is C22H15F3N6O2. The minimum Gasteiger partial charge on any atom is -0.456 e. The van der Waals surface area contributed by atoms with Crippen LogP contribution in [0.1, 0.15) is 16.1 Å². The first-order chi connectivity index (χ1) is 15.9. The van der Waals surface area contributed by atoms with Gasteiger partial charge in [0.25, 0.3) is 5.91 Å².